The van der Waals surface area contributed by atoms with Crippen LogP contribution >= 0.6 is 27.5 Å². The third-order valence-corrected chi connectivity index (χ3v) is 4.35. The minimum absolute atomic E-state index is 0.248. The third kappa shape index (κ3) is 3.12. The Balaban J connectivity index is 1.75. The van der Waals surface area contributed by atoms with Crippen molar-refractivity contribution in [3.63, 3.8) is 0 Å². The Morgan fingerprint density at radius 1 is 1.14 bits per heavy atom. The van der Waals surface area contributed by atoms with Gasteiger partial charge in [-0.3, -0.25) is 0 Å². The molecular weight excluding hydrogens is 357 g/mol. The summed E-state index contributed by atoms with van der Waals surface area (Å²) in [5, 5.41) is 4.65. The quantitative estimate of drug-likeness (QED) is 0.678. The highest BCUT2D eigenvalue weighted by atomic mass is 79.9. The van der Waals surface area contributed by atoms with Crippen LogP contribution in [0.3, 0.4) is 0 Å². The lowest BCUT2D eigenvalue weighted by atomic mass is 10.1. The lowest BCUT2D eigenvalue weighted by Gasteiger charge is -2.07. The molecule has 108 valence electrons. The molecule has 0 saturated carbocycles. The highest BCUT2D eigenvalue weighted by molar-refractivity contribution is 9.10. The monoisotopic (exact) mass is 367 g/mol. The summed E-state index contributed by atoms with van der Waals surface area (Å²) in [7, 11) is 0. The van der Waals surface area contributed by atoms with Gasteiger partial charge in [-0.2, -0.15) is 0 Å². The number of hydrogen-bond acceptors (Lipinski definition) is 2. The van der Waals surface area contributed by atoms with Gasteiger partial charge in [0.15, 0.2) is 5.22 Å². The van der Waals surface area contributed by atoms with Gasteiger partial charge >= 0.3 is 0 Å². The molecule has 0 bridgehead atoms. The second kappa shape index (κ2) is 6.18. The molecule has 5 heteroatoms. The summed E-state index contributed by atoms with van der Waals surface area (Å²) in [6.07, 6.45) is 0. The van der Waals surface area contributed by atoms with Crippen LogP contribution in [0.1, 0.15) is 11.1 Å². The highest BCUT2D eigenvalue weighted by Crippen LogP contribution is 2.29. The van der Waals surface area contributed by atoms with Crippen molar-refractivity contribution in [1.82, 2.24) is 5.32 Å². The van der Waals surface area contributed by atoms with E-state index in [0.717, 1.165) is 26.6 Å². The van der Waals surface area contributed by atoms with Gasteiger partial charge in [0, 0.05) is 28.5 Å². The van der Waals surface area contributed by atoms with Gasteiger partial charge in [-0.15, -0.1) is 0 Å². The summed E-state index contributed by atoms with van der Waals surface area (Å²) in [6, 6.07) is 12.3. The molecule has 0 aliphatic carbocycles. The standard InChI is InChI=1S/C16H12BrClFNO/c17-14-6-5-11(19)7-10(14)8-20-9-13-12-3-1-2-4-15(12)21-16(13)18/h1-7,20H,8-9H2. The molecule has 21 heavy (non-hydrogen) atoms. The fraction of sp³-hybridized carbons (Fsp3) is 0.125. The van der Waals surface area contributed by atoms with Gasteiger partial charge in [0.05, 0.1) is 0 Å². The molecule has 0 unspecified atom stereocenters. The van der Waals surface area contributed by atoms with Gasteiger partial charge in [-0.05, 0) is 41.4 Å². The van der Waals surface area contributed by atoms with Crippen molar-refractivity contribution in [1.29, 1.82) is 0 Å². The summed E-state index contributed by atoms with van der Waals surface area (Å²) >= 11 is 9.54. The zero-order valence-electron chi connectivity index (χ0n) is 11.0. The SMILES string of the molecule is Fc1ccc(Br)c(CNCc2c(Cl)oc3ccccc23)c1. The number of hydrogen-bond donors (Lipinski definition) is 1. The molecule has 0 atom stereocenters. The van der Waals surface area contributed by atoms with Crippen molar-refractivity contribution in [3.05, 3.63) is 69.1 Å². The van der Waals surface area contributed by atoms with Crippen LogP contribution in [0.15, 0.2) is 51.4 Å². The Morgan fingerprint density at radius 3 is 2.81 bits per heavy atom. The molecule has 0 amide bonds. The molecule has 1 aromatic heterocycles. The second-order valence-electron chi connectivity index (χ2n) is 4.69. The molecule has 0 aliphatic heterocycles. The molecule has 0 saturated heterocycles. The van der Waals surface area contributed by atoms with Crippen molar-refractivity contribution in [2.24, 2.45) is 0 Å². The Morgan fingerprint density at radius 2 is 1.95 bits per heavy atom. The van der Waals surface area contributed by atoms with Crippen LogP contribution < -0.4 is 5.32 Å². The van der Waals surface area contributed by atoms with E-state index in [-0.39, 0.29) is 5.82 Å². The number of rotatable bonds is 4. The van der Waals surface area contributed by atoms with Crippen LogP contribution in [0.2, 0.25) is 5.22 Å². The van der Waals surface area contributed by atoms with Gasteiger partial charge < -0.3 is 9.73 Å². The molecule has 2 nitrogen and oxygen atoms in total. The van der Waals surface area contributed by atoms with Crippen molar-refractivity contribution < 1.29 is 8.81 Å². The summed E-state index contributed by atoms with van der Waals surface area (Å²) in [6.45, 7) is 1.09. The van der Waals surface area contributed by atoms with Crippen LogP contribution in [-0.4, -0.2) is 0 Å². The fourth-order valence-corrected chi connectivity index (χ4v) is 2.87. The Hall–Kier alpha value is -1.36. The molecule has 0 radical (unpaired) electrons. The Bertz CT molecular complexity index is 787. The van der Waals surface area contributed by atoms with Crippen LogP contribution in [0.4, 0.5) is 4.39 Å². The predicted octanol–water partition coefficient (Wildman–Crippen LogP) is 5.28. The first-order chi connectivity index (χ1) is 10.1. The molecule has 1 heterocycles. The minimum Gasteiger partial charge on any atom is -0.444 e. The maximum Gasteiger partial charge on any atom is 0.199 e. The average Bonchev–Trinajstić information content (AvgIpc) is 2.79. The van der Waals surface area contributed by atoms with Crippen LogP contribution in [0.5, 0.6) is 0 Å². The maximum atomic E-state index is 13.2. The van der Waals surface area contributed by atoms with Crippen molar-refractivity contribution >= 4 is 38.5 Å². The zero-order chi connectivity index (χ0) is 14.8. The molecule has 0 fully saturated rings. The normalized spacial score (nSPS) is 11.2. The molecule has 0 spiro atoms. The summed E-state index contributed by atoms with van der Waals surface area (Å²) < 4.78 is 19.6. The lowest BCUT2D eigenvalue weighted by Crippen LogP contribution is -2.13. The number of halogens is 3. The molecule has 3 aromatic rings. The number of nitrogens with one attached hydrogen (secondary N) is 1. The molecule has 0 aliphatic rings. The Kier molecular flexibility index (Phi) is 4.29. The van der Waals surface area contributed by atoms with E-state index in [1.54, 1.807) is 6.07 Å². The summed E-state index contributed by atoms with van der Waals surface area (Å²) in [4.78, 5) is 0. The van der Waals surface area contributed by atoms with E-state index >= 15 is 0 Å². The summed E-state index contributed by atoms with van der Waals surface area (Å²) in [5.74, 6) is -0.248. The van der Waals surface area contributed by atoms with E-state index < -0.39 is 0 Å². The first kappa shape index (κ1) is 14.6. The first-order valence-corrected chi connectivity index (χ1v) is 7.63. The number of benzene rings is 2. The smallest absolute Gasteiger partial charge is 0.199 e. The first-order valence-electron chi connectivity index (χ1n) is 6.45. The average molecular weight is 369 g/mol. The van der Waals surface area contributed by atoms with Gasteiger partial charge in [-0.1, -0.05) is 34.1 Å². The zero-order valence-corrected chi connectivity index (χ0v) is 13.3. The van der Waals surface area contributed by atoms with E-state index in [2.05, 4.69) is 21.2 Å². The van der Waals surface area contributed by atoms with Crippen molar-refractivity contribution in [2.75, 3.05) is 0 Å². The third-order valence-electron chi connectivity index (χ3n) is 3.27. The van der Waals surface area contributed by atoms with E-state index in [1.165, 1.54) is 12.1 Å². The maximum absolute atomic E-state index is 13.2. The van der Waals surface area contributed by atoms with Gasteiger partial charge in [0.2, 0.25) is 0 Å². The van der Waals surface area contributed by atoms with E-state index in [4.69, 9.17) is 16.0 Å². The predicted molar refractivity (Wildman–Crippen MR) is 85.9 cm³/mol. The van der Waals surface area contributed by atoms with E-state index in [0.29, 0.717) is 18.3 Å². The number of para-hydroxylation sites is 1. The van der Waals surface area contributed by atoms with Crippen LogP contribution in [-0.2, 0) is 13.1 Å². The fourth-order valence-electron chi connectivity index (χ4n) is 2.23. The second-order valence-corrected chi connectivity index (χ2v) is 5.89. The van der Waals surface area contributed by atoms with Gasteiger partial charge in [-0.25, -0.2) is 4.39 Å². The van der Waals surface area contributed by atoms with Crippen LogP contribution in [0.25, 0.3) is 11.0 Å². The van der Waals surface area contributed by atoms with E-state index in [1.807, 2.05) is 24.3 Å². The molecule has 1 N–H and O–H groups in total. The largest absolute Gasteiger partial charge is 0.444 e. The minimum atomic E-state index is -0.248. The van der Waals surface area contributed by atoms with Crippen LogP contribution in [0, 0.1) is 5.82 Å². The molecular formula is C16H12BrClFNO. The Labute approximate surface area is 135 Å². The lowest BCUT2D eigenvalue weighted by molar-refractivity contribution is 0.601. The van der Waals surface area contributed by atoms with E-state index in [9.17, 15) is 4.39 Å². The molecule has 2 aromatic carbocycles. The van der Waals surface area contributed by atoms with Crippen molar-refractivity contribution in [3.8, 4) is 0 Å². The van der Waals surface area contributed by atoms with Gasteiger partial charge in [0.25, 0.3) is 0 Å². The topological polar surface area (TPSA) is 25.2 Å². The highest BCUT2D eigenvalue weighted by Gasteiger charge is 2.11. The summed E-state index contributed by atoms with van der Waals surface area (Å²) in [5.41, 5.74) is 2.55. The van der Waals surface area contributed by atoms with Gasteiger partial charge in [0.1, 0.15) is 11.4 Å². The number of fused-ring (bicyclic) bond motifs is 1. The number of furan rings is 1. The van der Waals surface area contributed by atoms with Crippen molar-refractivity contribution in [2.45, 2.75) is 13.1 Å². The molecule has 3 rings (SSSR count).